The minimum absolute atomic E-state index is 0.150. The Hall–Kier alpha value is -2.30. The van der Waals surface area contributed by atoms with Gasteiger partial charge in [-0.1, -0.05) is 6.07 Å². The summed E-state index contributed by atoms with van der Waals surface area (Å²) in [5, 5.41) is 6.37. The first-order valence-corrected chi connectivity index (χ1v) is 4.81. The van der Waals surface area contributed by atoms with Crippen LogP contribution in [0.3, 0.4) is 0 Å². The summed E-state index contributed by atoms with van der Waals surface area (Å²) >= 11 is 0. The third-order valence-corrected chi connectivity index (χ3v) is 2.29. The van der Waals surface area contributed by atoms with Crippen molar-refractivity contribution < 1.29 is 4.79 Å². The second-order valence-corrected chi connectivity index (χ2v) is 3.43. The Balaban J connectivity index is 2.26. The van der Waals surface area contributed by atoms with Crippen LogP contribution < -0.4 is 10.6 Å². The molecule has 0 aliphatic carbocycles. The molecule has 0 saturated carbocycles. The minimum Gasteiger partial charge on any atom is -0.399 e. The number of aromatic nitrogens is 2. The number of carbonyl (C=O) groups excluding carboxylic acids is 1. The average molecular weight is 216 g/mol. The fraction of sp³-hybridized carbons (Fsp3) is 0.0909. The summed E-state index contributed by atoms with van der Waals surface area (Å²) in [6.45, 7) is 0. The number of hydrogen-bond acceptors (Lipinski definition) is 3. The molecule has 2 rings (SSSR count). The molecule has 1 aromatic heterocycles. The fourth-order valence-electron chi connectivity index (χ4n) is 1.41. The van der Waals surface area contributed by atoms with Crippen LogP contribution in [0, 0.1) is 0 Å². The maximum atomic E-state index is 11.9. The van der Waals surface area contributed by atoms with Gasteiger partial charge in [-0.15, -0.1) is 0 Å². The zero-order valence-corrected chi connectivity index (χ0v) is 8.84. The number of benzene rings is 1. The van der Waals surface area contributed by atoms with Crippen molar-refractivity contribution >= 4 is 17.3 Å². The molecule has 0 aliphatic heterocycles. The van der Waals surface area contributed by atoms with Gasteiger partial charge in [-0.3, -0.25) is 9.89 Å². The lowest BCUT2D eigenvalue weighted by Crippen LogP contribution is -2.26. The lowest BCUT2D eigenvalue weighted by molar-refractivity contribution is 0.0988. The van der Waals surface area contributed by atoms with E-state index in [0.717, 1.165) is 5.69 Å². The maximum absolute atomic E-state index is 11.9. The zero-order valence-electron chi connectivity index (χ0n) is 8.84. The standard InChI is InChI=1S/C11H12N4O/c1-15(9-4-2-3-8(12)7-9)11(16)10-5-6-13-14-10/h2-7H,12H2,1H3,(H,13,14). The van der Waals surface area contributed by atoms with E-state index in [0.29, 0.717) is 11.4 Å². The topological polar surface area (TPSA) is 75.0 Å². The van der Waals surface area contributed by atoms with Crippen molar-refractivity contribution in [2.45, 2.75) is 0 Å². The molecule has 1 amide bonds. The van der Waals surface area contributed by atoms with Crippen LogP contribution in [0.4, 0.5) is 11.4 Å². The quantitative estimate of drug-likeness (QED) is 0.742. The number of nitrogens with one attached hydrogen (secondary N) is 1. The van der Waals surface area contributed by atoms with Gasteiger partial charge in [0.2, 0.25) is 0 Å². The van der Waals surface area contributed by atoms with Gasteiger partial charge in [0.1, 0.15) is 5.69 Å². The smallest absolute Gasteiger partial charge is 0.276 e. The molecule has 0 aliphatic rings. The number of nitrogens with zero attached hydrogens (tertiary/aromatic N) is 2. The molecular formula is C11H12N4O. The molecule has 0 atom stereocenters. The van der Waals surface area contributed by atoms with Crippen molar-refractivity contribution in [1.82, 2.24) is 10.2 Å². The summed E-state index contributed by atoms with van der Waals surface area (Å²) in [6, 6.07) is 8.78. The molecule has 0 bridgehead atoms. The van der Waals surface area contributed by atoms with Crippen LogP contribution in [0.15, 0.2) is 36.5 Å². The van der Waals surface area contributed by atoms with Crippen LogP contribution in [0.5, 0.6) is 0 Å². The second-order valence-electron chi connectivity index (χ2n) is 3.43. The summed E-state index contributed by atoms with van der Waals surface area (Å²) in [5.41, 5.74) is 7.48. The molecule has 1 aromatic carbocycles. The highest BCUT2D eigenvalue weighted by Gasteiger charge is 2.14. The number of hydrogen-bond donors (Lipinski definition) is 2. The third kappa shape index (κ3) is 1.88. The molecule has 16 heavy (non-hydrogen) atoms. The van der Waals surface area contributed by atoms with Gasteiger partial charge in [0.05, 0.1) is 0 Å². The monoisotopic (exact) mass is 216 g/mol. The number of anilines is 2. The molecule has 1 heterocycles. The predicted molar refractivity (Wildman–Crippen MR) is 62.2 cm³/mol. The summed E-state index contributed by atoms with van der Waals surface area (Å²) in [4.78, 5) is 13.4. The maximum Gasteiger partial charge on any atom is 0.276 e. The third-order valence-electron chi connectivity index (χ3n) is 2.29. The van der Waals surface area contributed by atoms with Crippen LogP contribution in [-0.4, -0.2) is 23.2 Å². The lowest BCUT2D eigenvalue weighted by Gasteiger charge is -2.16. The van der Waals surface area contributed by atoms with E-state index >= 15 is 0 Å². The van der Waals surface area contributed by atoms with Gasteiger partial charge in [-0.05, 0) is 24.3 Å². The SMILES string of the molecule is CN(C(=O)c1ccn[nH]1)c1cccc(N)c1. The molecule has 0 fully saturated rings. The van der Waals surface area contributed by atoms with Crippen LogP contribution >= 0.6 is 0 Å². The van der Waals surface area contributed by atoms with Gasteiger partial charge < -0.3 is 10.6 Å². The Labute approximate surface area is 92.9 Å². The second kappa shape index (κ2) is 4.06. The predicted octanol–water partition coefficient (Wildman–Crippen LogP) is 1.27. The van der Waals surface area contributed by atoms with E-state index in [1.165, 1.54) is 4.90 Å². The van der Waals surface area contributed by atoms with E-state index in [9.17, 15) is 4.79 Å². The summed E-state index contributed by atoms with van der Waals surface area (Å²) in [6.07, 6.45) is 1.54. The molecule has 82 valence electrons. The van der Waals surface area contributed by atoms with Gasteiger partial charge in [0.25, 0.3) is 5.91 Å². The molecule has 5 heteroatoms. The van der Waals surface area contributed by atoms with Crippen LogP contribution in [0.25, 0.3) is 0 Å². The summed E-state index contributed by atoms with van der Waals surface area (Å²) < 4.78 is 0. The number of rotatable bonds is 2. The normalized spacial score (nSPS) is 10.1. The Morgan fingerprint density at radius 1 is 1.44 bits per heavy atom. The first kappa shape index (κ1) is 10.2. The molecular weight excluding hydrogens is 204 g/mol. The van der Waals surface area contributed by atoms with E-state index in [4.69, 9.17) is 5.73 Å². The van der Waals surface area contributed by atoms with Crippen LogP contribution in [0.1, 0.15) is 10.5 Å². The molecule has 3 N–H and O–H groups in total. The Morgan fingerprint density at radius 3 is 2.88 bits per heavy atom. The van der Waals surface area contributed by atoms with E-state index in [2.05, 4.69) is 10.2 Å². The van der Waals surface area contributed by atoms with Crippen molar-refractivity contribution in [1.29, 1.82) is 0 Å². The minimum atomic E-state index is -0.150. The van der Waals surface area contributed by atoms with Gasteiger partial charge in [0, 0.05) is 24.6 Å². The lowest BCUT2D eigenvalue weighted by atomic mass is 10.2. The first-order valence-electron chi connectivity index (χ1n) is 4.81. The Kier molecular flexibility index (Phi) is 2.59. The van der Waals surface area contributed by atoms with Crippen LogP contribution in [-0.2, 0) is 0 Å². The van der Waals surface area contributed by atoms with Gasteiger partial charge in [-0.25, -0.2) is 0 Å². The van der Waals surface area contributed by atoms with E-state index < -0.39 is 0 Å². The highest BCUT2D eigenvalue weighted by molar-refractivity contribution is 6.04. The molecule has 0 radical (unpaired) electrons. The molecule has 0 unspecified atom stereocenters. The number of carbonyl (C=O) groups is 1. The number of nitrogen functional groups attached to an aromatic ring is 1. The first-order chi connectivity index (χ1) is 7.68. The van der Waals surface area contributed by atoms with Gasteiger partial charge >= 0.3 is 0 Å². The van der Waals surface area contributed by atoms with Gasteiger partial charge in [0.15, 0.2) is 0 Å². The molecule has 0 saturated heterocycles. The van der Waals surface area contributed by atoms with Crippen molar-refractivity contribution in [3.05, 3.63) is 42.2 Å². The average Bonchev–Trinajstić information content (AvgIpc) is 2.80. The zero-order chi connectivity index (χ0) is 11.5. The van der Waals surface area contributed by atoms with Crippen LogP contribution in [0.2, 0.25) is 0 Å². The highest BCUT2D eigenvalue weighted by Crippen LogP contribution is 2.17. The van der Waals surface area contributed by atoms with Crippen molar-refractivity contribution in [2.24, 2.45) is 0 Å². The largest absolute Gasteiger partial charge is 0.399 e. The highest BCUT2D eigenvalue weighted by atomic mass is 16.2. The van der Waals surface area contributed by atoms with E-state index in [1.54, 1.807) is 37.5 Å². The fourth-order valence-corrected chi connectivity index (χ4v) is 1.41. The van der Waals surface area contributed by atoms with Gasteiger partial charge in [-0.2, -0.15) is 5.10 Å². The van der Waals surface area contributed by atoms with Crippen molar-refractivity contribution in [2.75, 3.05) is 17.7 Å². The number of aromatic amines is 1. The number of amides is 1. The molecule has 5 nitrogen and oxygen atoms in total. The molecule has 0 spiro atoms. The number of nitrogens with two attached hydrogens (primary N) is 1. The van der Waals surface area contributed by atoms with Crippen molar-refractivity contribution in [3.8, 4) is 0 Å². The Bertz CT molecular complexity index is 492. The van der Waals surface area contributed by atoms with Crippen molar-refractivity contribution in [3.63, 3.8) is 0 Å². The van der Waals surface area contributed by atoms with E-state index in [-0.39, 0.29) is 5.91 Å². The summed E-state index contributed by atoms with van der Waals surface area (Å²) in [5.74, 6) is -0.150. The summed E-state index contributed by atoms with van der Waals surface area (Å²) in [7, 11) is 1.69. The number of H-pyrrole nitrogens is 1. The molecule has 2 aromatic rings. The Morgan fingerprint density at radius 2 is 2.25 bits per heavy atom. The van der Waals surface area contributed by atoms with E-state index in [1.807, 2.05) is 6.07 Å².